The van der Waals surface area contributed by atoms with Crippen LogP contribution in [0.3, 0.4) is 0 Å². The molecule has 1 fully saturated rings. The van der Waals surface area contributed by atoms with E-state index < -0.39 is 23.4 Å². The first-order chi connectivity index (χ1) is 12.9. The van der Waals surface area contributed by atoms with Crippen LogP contribution < -0.4 is 10.5 Å². The summed E-state index contributed by atoms with van der Waals surface area (Å²) in [6.45, 7) is 3.43. The summed E-state index contributed by atoms with van der Waals surface area (Å²) in [5.41, 5.74) is 5.20. The molecule has 27 heavy (non-hydrogen) atoms. The van der Waals surface area contributed by atoms with E-state index in [1.54, 1.807) is 18.2 Å². The van der Waals surface area contributed by atoms with E-state index in [2.05, 4.69) is 9.88 Å². The van der Waals surface area contributed by atoms with Crippen LogP contribution in [-0.4, -0.2) is 34.6 Å². The largest absolute Gasteiger partial charge is 0.456 e. The number of ether oxygens (including phenoxy) is 1. The molecule has 0 spiro atoms. The average Bonchev–Trinajstić information content (AvgIpc) is 2.60. The first kappa shape index (κ1) is 19.2. The van der Waals surface area contributed by atoms with Gasteiger partial charge in [-0.05, 0) is 49.9 Å². The third-order valence-electron chi connectivity index (χ3n) is 4.97. The monoisotopic (exact) mass is 375 g/mol. The van der Waals surface area contributed by atoms with Gasteiger partial charge in [-0.25, -0.2) is 4.39 Å². The van der Waals surface area contributed by atoms with Gasteiger partial charge in [-0.2, -0.15) is 9.37 Å². The number of hydrogen-bond acceptors (Lipinski definition) is 4. The van der Waals surface area contributed by atoms with Gasteiger partial charge < -0.3 is 10.5 Å². The number of aromatic nitrogens is 1. The highest BCUT2D eigenvalue weighted by Gasteiger charge is 2.36. The Hall–Kier alpha value is -2.54. The Bertz CT molecular complexity index is 831. The molecule has 5 nitrogen and oxygen atoms in total. The zero-order valence-corrected chi connectivity index (χ0v) is 15.3. The van der Waals surface area contributed by atoms with E-state index in [4.69, 9.17) is 10.5 Å². The number of amides is 1. The fourth-order valence-corrected chi connectivity index (χ4v) is 3.46. The van der Waals surface area contributed by atoms with Gasteiger partial charge >= 0.3 is 0 Å². The minimum atomic E-state index is -0.779. The van der Waals surface area contributed by atoms with Crippen LogP contribution in [0.2, 0.25) is 0 Å². The molecule has 1 aliphatic rings. The van der Waals surface area contributed by atoms with Crippen molar-refractivity contribution in [2.24, 2.45) is 5.73 Å². The van der Waals surface area contributed by atoms with Crippen LogP contribution >= 0.6 is 0 Å². The third kappa shape index (κ3) is 4.60. The Balaban J connectivity index is 1.70. The number of carbonyl (C=O) groups is 1. The Morgan fingerprint density at radius 1 is 1.30 bits per heavy atom. The predicted octanol–water partition coefficient (Wildman–Crippen LogP) is 3.28. The number of piperidine rings is 1. The standard InChI is InChI=1S/C20H23F2N3O2/c1-20(27-18-6-4-5-17(22)24-18)10-2-3-11-25(20)12-9-14-7-8-15(19(23)26)16(21)13-14/h4-8,13H,2-3,9-12H2,1H3,(H2,23,26). The van der Waals surface area contributed by atoms with E-state index in [-0.39, 0.29) is 11.4 Å². The van der Waals surface area contributed by atoms with E-state index in [0.29, 0.717) is 13.0 Å². The van der Waals surface area contributed by atoms with Gasteiger partial charge in [-0.3, -0.25) is 9.69 Å². The predicted molar refractivity (Wildman–Crippen MR) is 97.3 cm³/mol. The highest BCUT2D eigenvalue weighted by molar-refractivity contribution is 5.93. The SMILES string of the molecule is CC1(Oc2cccc(F)n2)CCCCN1CCc1ccc(C(N)=O)c(F)c1. The van der Waals surface area contributed by atoms with Gasteiger partial charge in [-0.15, -0.1) is 0 Å². The number of nitrogens with zero attached hydrogens (tertiary/aromatic N) is 2. The highest BCUT2D eigenvalue weighted by Crippen LogP contribution is 2.30. The number of rotatable bonds is 6. The zero-order chi connectivity index (χ0) is 19.4. The van der Waals surface area contributed by atoms with Gasteiger partial charge in [0.15, 0.2) is 5.72 Å². The minimum Gasteiger partial charge on any atom is -0.456 e. The molecule has 0 saturated carbocycles. The molecule has 7 heteroatoms. The number of primary amides is 1. The van der Waals surface area contributed by atoms with E-state index in [0.717, 1.165) is 31.4 Å². The molecule has 1 unspecified atom stereocenters. The van der Waals surface area contributed by atoms with Crippen molar-refractivity contribution in [1.29, 1.82) is 0 Å². The van der Waals surface area contributed by atoms with Gasteiger partial charge in [0.1, 0.15) is 5.82 Å². The summed E-state index contributed by atoms with van der Waals surface area (Å²) in [5, 5.41) is 0. The Morgan fingerprint density at radius 3 is 2.81 bits per heavy atom. The molecular formula is C20H23F2N3O2. The molecule has 0 radical (unpaired) electrons. The number of likely N-dealkylation sites (tertiary alicyclic amines) is 1. The normalized spacial score (nSPS) is 20.4. The molecule has 0 aliphatic carbocycles. The van der Waals surface area contributed by atoms with Crippen molar-refractivity contribution < 1.29 is 18.3 Å². The maximum atomic E-state index is 14.0. The van der Waals surface area contributed by atoms with Gasteiger partial charge in [0.05, 0.1) is 5.56 Å². The molecule has 1 saturated heterocycles. The van der Waals surface area contributed by atoms with Gasteiger partial charge in [0.25, 0.3) is 5.91 Å². The smallest absolute Gasteiger partial charge is 0.251 e. The van der Waals surface area contributed by atoms with Crippen molar-refractivity contribution in [3.8, 4) is 5.88 Å². The Labute approximate surface area is 157 Å². The molecule has 1 aromatic heterocycles. The van der Waals surface area contributed by atoms with Gasteiger partial charge in [0.2, 0.25) is 11.8 Å². The number of nitrogens with two attached hydrogens (primary N) is 1. The molecule has 2 N–H and O–H groups in total. The van der Waals surface area contributed by atoms with Crippen molar-refractivity contribution in [3.05, 3.63) is 59.3 Å². The Kier molecular flexibility index (Phi) is 5.70. The summed E-state index contributed by atoms with van der Waals surface area (Å²) in [6.07, 6.45) is 3.42. The number of benzene rings is 1. The lowest BCUT2D eigenvalue weighted by Gasteiger charge is -2.44. The number of carbonyl (C=O) groups excluding carboxylic acids is 1. The first-order valence-electron chi connectivity index (χ1n) is 9.02. The molecule has 2 aromatic rings. The molecule has 1 atom stereocenters. The van der Waals surface area contributed by atoms with Crippen LogP contribution in [0.1, 0.15) is 42.1 Å². The lowest BCUT2D eigenvalue weighted by Crippen LogP contribution is -2.54. The van der Waals surface area contributed by atoms with Crippen LogP contribution in [0.4, 0.5) is 8.78 Å². The third-order valence-corrected chi connectivity index (χ3v) is 4.97. The van der Waals surface area contributed by atoms with Crippen molar-refractivity contribution >= 4 is 5.91 Å². The van der Waals surface area contributed by atoms with Crippen LogP contribution in [0.25, 0.3) is 0 Å². The summed E-state index contributed by atoms with van der Waals surface area (Å²) in [5.74, 6) is -1.72. The topological polar surface area (TPSA) is 68.4 Å². The molecule has 1 aromatic carbocycles. The lowest BCUT2D eigenvalue weighted by molar-refractivity contribution is -0.0979. The fraction of sp³-hybridized carbons (Fsp3) is 0.400. The van der Waals surface area contributed by atoms with Gasteiger partial charge in [0, 0.05) is 25.6 Å². The molecule has 3 rings (SSSR count). The molecular weight excluding hydrogens is 352 g/mol. The van der Waals surface area contributed by atoms with E-state index >= 15 is 0 Å². The molecule has 1 aliphatic heterocycles. The summed E-state index contributed by atoms with van der Waals surface area (Å²) < 4.78 is 33.4. The second kappa shape index (κ2) is 8.00. The van der Waals surface area contributed by atoms with Crippen LogP contribution in [0.5, 0.6) is 5.88 Å². The minimum absolute atomic E-state index is 0.109. The fourth-order valence-electron chi connectivity index (χ4n) is 3.46. The van der Waals surface area contributed by atoms with Crippen molar-refractivity contribution in [2.45, 2.75) is 38.3 Å². The van der Waals surface area contributed by atoms with E-state index in [1.165, 1.54) is 18.2 Å². The highest BCUT2D eigenvalue weighted by atomic mass is 19.1. The number of pyridine rings is 1. The first-order valence-corrected chi connectivity index (χ1v) is 9.02. The summed E-state index contributed by atoms with van der Waals surface area (Å²) in [4.78, 5) is 17.1. The van der Waals surface area contributed by atoms with E-state index in [9.17, 15) is 13.6 Å². The van der Waals surface area contributed by atoms with E-state index in [1.807, 2.05) is 6.92 Å². The van der Waals surface area contributed by atoms with Crippen LogP contribution in [0, 0.1) is 11.8 Å². The summed E-state index contributed by atoms with van der Waals surface area (Å²) in [6, 6.07) is 8.94. The lowest BCUT2D eigenvalue weighted by atomic mass is 9.98. The summed E-state index contributed by atoms with van der Waals surface area (Å²) >= 11 is 0. The molecule has 144 valence electrons. The Morgan fingerprint density at radius 2 is 2.11 bits per heavy atom. The maximum Gasteiger partial charge on any atom is 0.251 e. The van der Waals surface area contributed by atoms with Crippen molar-refractivity contribution in [3.63, 3.8) is 0 Å². The number of hydrogen-bond donors (Lipinski definition) is 1. The maximum absolute atomic E-state index is 14.0. The molecule has 2 heterocycles. The van der Waals surface area contributed by atoms with Crippen LogP contribution in [-0.2, 0) is 6.42 Å². The second-order valence-electron chi connectivity index (χ2n) is 6.95. The zero-order valence-electron chi connectivity index (χ0n) is 15.3. The second-order valence-corrected chi connectivity index (χ2v) is 6.95. The molecule has 1 amide bonds. The number of halogens is 2. The quantitative estimate of drug-likeness (QED) is 0.787. The van der Waals surface area contributed by atoms with Gasteiger partial charge in [-0.1, -0.05) is 12.1 Å². The van der Waals surface area contributed by atoms with Crippen LogP contribution in [0.15, 0.2) is 36.4 Å². The summed E-state index contributed by atoms with van der Waals surface area (Å²) in [7, 11) is 0. The molecule has 0 bridgehead atoms. The van der Waals surface area contributed by atoms with Crippen molar-refractivity contribution in [2.75, 3.05) is 13.1 Å². The van der Waals surface area contributed by atoms with Crippen molar-refractivity contribution in [1.82, 2.24) is 9.88 Å². The average molecular weight is 375 g/mol.